The molecule has 0 fully saturated rings. The zero-order valence-corrected chi connectivity index (χ0v) is 9.12. The smallest absolute Gasteiger partial charge is 0.216 e. The summed E-state index contributed by atoms with van der Waals surface area (Å²) in [4.78, 5) is 19.2. The topological polar surface area (TPSA) is 75.4 Å². The van der Waals surface area contributed by atoms with Crippen LogP contribution < -0.4 is 0 Å². The molecule has 2 rings (SSSR count). The van der Waals surface area contributed by atoms with Crippen molar-refractivity contribution in [3.8, 4) is 0 Å². The lowest BCUT2D eigenvalue weighted by Gasteiger charge is -2.03. The van der Waals surface area contributed by atoms with Gasteiger partial charge in [0.2, 0.25) is 11.7 Å². The van der Waals surface area contributed by atoms with E-state index in [0.717, 1.165) is 6.07 Å². The predicted molar refractivity (Wildman–Crippen MR) is 61.1 cm³/mol. The largest absolute Gasteiger partial charge is 0.410 e. The van der Waals surface area contributed by atoms with Gasteiger partial charge in [-0.3, -0.25) is 9.78 Å². The van der Waals surface area contributed by atoms with Gasteiger partial charge in [0.05, 0.1) is 0 Å². The van der Waals surface area contributed by atoms with Crippen molar-refractivity contribution in [1.82, 2.24) is 9.97 Å². The molecule has 6 heteroatoms. The molecular formula is C12H8FN3O2. The van der Waals surface area contributed by atoms with Crippen LogP contribution in [0.25, 0.3) is 0 Å². The number of aromatic nitrogens is 2. The van der Waals surface area contributed by atoms with Gasteiger partial charge < -0.3 is 5.21 Å². The quantitative estimate of drug-likeness (QED) is 0.293. The van der Waals surface area contributed by atoms with E-state index >= 15 is 0 Å². The third-order valence-electron chi connectivity index (χ3n) is 2.24. The number of hydrogen-bond donors (Lipinski definition) is 1. The van der Waals surface area contributed by atoms with Crippen molar-refractivity contribution in [3.63, 3.8) is 0 Å². The van der Waals surface area contributed by atoms with Crippen molar-refractivity contribution in [2.45, 2.75) is 0 Å². The Kier molecular flexibility index (Phi) is 3.38. The molecule has 0 saturated heterocycles. The SMILES string of the molecule is O=C(/C(=N\O)c1ccnc(F)c1)c1cccnc1. The number of halogens is 1. The van der Waals surface area contributed by atoms with E-state index < -0.39 is 11.7 Å². The zero-order valence-electron chi connectivity index (χ0n) is 9.12. The van der Waals surface area contributed by atoms with E-state index in [1.54, 1.807) is 6.07 Å². The molecule has 2 heterocycles. The molecule has 2 aromatic heterocycles. The Morgan fingerprint density at radius 2 is 2.11 bits per heavy atom. The highest BCUT2D eigenvalue weighted by Crippen LogP contribution is 2.08. The van der Waals surface area contributed by atoms with Gasteiger partial charge in [-0.2, -0.15) is 4.39 Å². The van der Waals surface area contributed by atoms with Crippen LogP contribution in [0.3, 0.4) is 0 Å². The summed E-state index contributed by atoms with van der Waals surface area (Å²) >= 11 is 0. The molecule has 18 heavy (non-hydrogen) atoms. The van der Waals surface area contributed by atoms with Crippen LogP contribution in [0.15, 0.2) is 48.0 Å². The van der Waals surface area contributed by atoms with E-state index in [4.69, 9.17) is 5.21 Å². The first-order valence-corrected chi connectivity index (χ1v) is 5.01. The van der Waals surface area contributed by atoms with Crippen LogP contribution >= 0.6 is 0 Å². The summed E-state index contributed by atoms with van der Waals surface area (Å²) in [7, 11) is 0. The lowest BCUT2D eigenvalue weighted by molar-refractivity contribution is 0.106. The first-order chi connectivity index (χ1) is 8.72. The summed E-state index contributed by atoms with van der Waals surface area (Å²) in [6, 6.07) is 5.50. The monoisotopic (exact) mass is 245 g/mol. The maximum atomic E-state index is 13.0. The maximum absolute atomic E-state index is 13.0. The number of nitrogens with zero attached hydrogens (tertiary/aromatic N) is 3. The molecule has 5 nitrogen and oxygen atoms in total. The van der Waals surface area contributed by atoms with Gasteiger partial charge in [-0.15, -0.1) is 0 Å². The zero-order chi connectivity index (χ0) is 13.0. The molecular weight excluding hydrogens is 237 g/mol. The lowest BCUT2D eigenvalue weighted by Crippen LogP contribution is -2.16. The minimum atomic E-state index is -0.757. The second-order valence-electron chi connectivity index (χ2n) is 3.39. The van der Waals surface area contributed by atoms with Gasteiger partial charge in [0, 0.05) is 35.8 Å². The van der Waals surface area contributed by atoms with Crippen molar-refractivity contribution >= 4 is 11.5 Å². The van der Waals surface area contributed by atoms with Crippen LogP contribution in [0.4, 0.5) is 4.39 Å². The number of ketones is 1. The Labute approximate surface area is 102 Å². The first kappa shape index (κ1) is 11.8. The van der Waals surface area contributed by atoms with Crippen LogP contribution in [0.1, 0.15) is 15.9 Å². The van der Waals surface area contributed by atoms with Crippen molar-refractivity contribution in [1.29, 1.82) is 0 Å². The second-order valence-corrected chi connectivity index (χ2v) is 3.39. The molecule has 0 radical (unpaired) electrons. The average molecular weight is 245 g/mol. The molecule has 0 saturated carbocycles. The van der Waals surface area contributed by atoms with E-state index in [-0.39, 0.29) is 16.8 Å². The molecule has 0 amide bonds. The van der Waals surface area contributed by atoms with E-state index in [1.807, 2.05) is 0 Å². The highest BCUT2D eigenvalue weighted by Gasteiger charge is 2.17. The Bertz CT molecular complexity index is 599. The fraction of sp³-hybridized carbons (Fsp3) is 0. The second kappa shape index (κ2) is 5.13. The van der Waals surface area contributed by atoms with E-state index in [9.17, 15) is 9.18 Å². The summed E-state index contributed by atoms with van der Waals surface area (Å²) in [5.74, 6) is -1.30. The van der Waals surface area contributed by atoms with Crippen molar-refractivity contribution in [2.24, 2.45) is 5.16 Å². The van der Waals surface area contributed by atoms with Gasteiger partial charge in [-0.25, -0.2) is 4.98 Å². The Balaban J connectivity index is 2.39. The molecule has 0 aliphatic carbocycles. The molecule has 90 valence electrons. The average Bonchev–Trinajstić information content (AvgIpc) is 2.40. The van der Waals surface area contributed by atoms with Crippen LogP contribution in [-0.4, -0.2) is 26.7 Å². The molecule has 2 aromatic rings. The normalized spacial score (nSPS) is 11.3. The van der Waals surface area contributed by atoms with Crippen LogP contribution in [-0.2, 0) is 0 Å². The summed E-state index contributed by atoms with van der Waals surface area (Å²) < 4.78 is 13.0. The summed E-state index contributed by atoms with van der Waals surface area (Å²) in [5, 5.41) is 11.8. The minimum absolute atomic E-state index is 0.152. The Morgan fingerprint density at radius 3 is 2.72 bits per heavy atom. The van der Waals surface area contributed by atoms with Crippen LogP contribution in [0.5, 0.6) is 0 Å². The number of pyridine rings is 2. The van der Waals surface area contributed by atoms with E-state index in [1.165, 1.54) is 30.7 Å². The molecule has 0 atom stereocenters. The molecule has 0 aliphatic rings. The standard InChI is InChI=1S/C12H8FN3O2/c13-10-6-8(3-5-15-10)11(16-18)12(17)9-2-1-4-14-7-9/h1-7,18H/b16-11-. The van der Waals surface area contributed by atoms with Gasteiger partial charge in [0.15, 0.2) is 5.71 Å². The Morgan fingerprint density at radius 1 is 1.28 bits per heavy atom. The van der Waals surface area contributed by atoms with Crippen LogP contribution in [0, 0.1) is 5.95 Å². The van der Waals surface area contributed by atoms with Crippen LogP contribution in [0.2, 0.25) is 0 Å². The lowest BCUT2D eigenvalue weighted by atomic mass is 10.0. The molecule has 1 N–H and O–H groups in total. The van der Waals surface area contributed by atoms with Crippen molar-refractivity contribution in [3.05, 3.63) is 59.9 Å². The highest BCUT2D eigenvalue weighted by atomic mass is 19.1. The van der Waals surface area contributed by atoms with Gasteiger partial charge in [-0.05, 0) is 18.2 Å². The summed E-state index contributed by atoms with van der Waals surface area (Å²) in [6.45, 7) is 0. The third kappa shape index (κ3) is 2.37. The predicted octanol–water partition coefficient (Wildman–Crippen LogP) is 1.68. The number of Topliss-reactive ketones (excluding diaryl/α,β-unsaturated/α-hetero) is 1. The number of oxime groups is 1. The molecule has 0 spiro atoms. The van der Waals surface area contributed by atoms with E-state index in [0.29, 0.717) is 0 Å². The molecule has 0 unspecified atom stereocenters. The van der Waals surface area contributed by atoms with Gasteiger partial charge in [0.1, 0.15) is 0 Å². The number of rotatable bonds is 3. The van der Waals surface area contributed by atoms with Crippen molar-refractivity contribution in [2.75, 3.05) is 0 Å². The number of carbonyl (C=O) groups excluding carboxylic acids is 1. The summed E-state index contributed by atoms with van der Waals surface area (Å²) in [6.07, 6.45) is 4.04. The minimum Gasteiger partial charge on any atom is -0.410 e. The van der Waals surface area contributed by atoms with E-state index in [2.05, 4.69) is 15.1 Å². The molecule has 0 aliphatic heterocycles. The highest BCUT2D eigenvalue weighted by molar-refractivity contribution is 6.51. The number of hydrogen-bond acceptors (Lipinski definition) is 5. The molecule has 0 aromatic carbocycles. The first-order valence-electron chi connectivity index (χ1n) is 5.01. The number of carbonyl (C=O) groups is 1. The van der Waals surface area contributed by atoms with Gasteiger partial charge in [0.25, 0.3) is 0 Å². The van der Waals surface area contributed by atoms with Crippen molar-refractivity contribution < 1.29 is 14.4 Å². The third-order valence-corrected chi connectivity index (χ3v) is 2.24. The molecule has 0 bridgehead atoms. The fourth-order valence-corrected chi connectivity index (χ4v) is 1.42. The van der Waals surface area contributed by atoms with Gasteiger partial charge in [-0.1, -0.05) is 5.16 Å². The Hall–Kier alpha value is -2.63. The fourth-order valence-electron chi connectivity index (χ4n) is 1.42. The van der Waals surface area contributed by atoms with Gasteiger partial charge >= 0.3 is 0 Å². The maximum Gasteiger partial charge on any atom is 0.216 e. The summed E-state index contributed by atoms with van der Waals surface area (Å²) in [5.41, 5.74) is 0.144.